The van der Waals surface area contributed by atoms with Crippen LogP contribution >= 0.6 is 0 Å². The van der Waals surface area contributed by atoms with Crippen LogP contribution in [0.3, 0.4) is 0 Å². The number of aliphatic hydroxyl groups is 1. The second kappa shape index (κ2) is 11.1. The molecule has 10 atom stereocenters. The number of piperidine rings is 1. The van der Waals surface area contributed by atoms with Gasteiger partial charge in [0, 0.05) is 44.2 Å². The van der Waals surface area contributed by atoms with Crippen molar-refractivity contribution in [2.45, 2.75) is 111 Å². The number of aliphatic hydroxyl groups excluding tert-OH is 1. The van der Waals surface area contributed by atoms with Crippen molar-refractivity contribution >= 4 is 5.91 Å². The molecule has 1 aromatic rings. The van der Waals surface area contributed by atoms with E-state index in [9.17, 15) is 9.90 Å². The van der Waals surface area contributed by atoms with Crippen molar-refractivity contribution in [2.24, 2.45) is 46.3 Å². The number of amides is 1. The summed E-state index contributed by atoms with van der Waals surface area (Å²) in [5.74, 6) is 5.27. The molecule has 4 aliphatic carbocycles. The molecule has 4 fully saturated rings. The highest BCUT2D eigenvalue weighted by molar-refractivity contribution is 5.76. The van der Waals surface area contributed by atoms with Crippen molar-refractivity contribution < 1.29 is 14.6 Å². The van der Waals surface area contributed by atoms with Gasteiger partial charge in [0.25, 0.3) is 0 Å². The lowest BCUT2D eigenvalue weighted by Gasteiger charge is -2.58. The molecular formula is C35H52N2O3. The van der Waals surface area contributed by atoms with E-state index in [0.717, 1.165) is 74.6 Å². The van der Waals surface area contributed by atoms with Crippen molar-refractivity contribution in [1.29, 1.82) is 0 Å². The number of carbonyl (C=O) groups is 1. The predicted octanol–water partition coefficient (Wildman–Crippen LogP) is 7.05. The number of aromatic nitrogens is 1. The molecule has 40 heavy (non-hydrogen) atoms. The van der Waals surface area contributed by atoms with Gasteiger partial charge in [0.2, 0.25) is 5.91 Å². The van der Waals surface area contributed by atoms with Crippen LogP contribution in [-0.2, 0) is 4.79 Å². The summed E-state index contributed by atoms with van der Waals surface area (Å²) in [5, 5.41) is 10.3. The second-order valence-corrected chi connectivity index (χ2v) is 14.8. The van der Waals surface area contributed by atoms with Gasteiger partial charge in [0.15, 0.2) is 0 Å². The molecule has 2 heterocycles. The fourth-order valence-electron chi connectivity index (χ4n) is 10.4. The third kappa shape index (κ3) is 5.03. The highest BCUT2D eigenvalue weighted by Crippen LogP contribution is 2.67. The Morgan fingerprint density at radius 1 is 1.12 bits per heavy atom. The van der Waals surface area contributed by atoms with Crippen LogP contribution < -0.4 is 4.74 Å². The number of fused-ring (bicyclic) bond motifs is 5. The molecule has 0 bridgehead atoms. The maximum atomic E-state index is 13.3. The van der Waals surface area contributed by atoms with Crippen LogP contribution in [-0.4, -0.2) is 46.2 Å². The summed E-state index contributed by atoms with van der Waals surface area (Å²) in [6.07, 6.45) is 18.4. The maximum Gasteiger partial charge on any atom is 0.222 e. The minimum absolute atomic E-state index is 0.126. The third-order valence-electron chi connectivity index (χ3n) is 12.8. The molecular weight excluding hydrogens is 496 g/mol. The fraction of sp³-hybridized carbons (Fsp3) is 0.771. The number of hydrogen-bond donors (Lipinski definition) is 1. The first-order chi connectivity index (χ1) is 19.2. The molecule has 1 aromatic heterocycles. The minimum atomic E-state index is -0.126. The number of hydrogen-bond acceptors (Lipinski definition) is 4. The van der Waals surface area contributed by atoms with Crippen molar-refractivity contribution in [3.8, 4) is 5.75 Å². The monoisotopic (exact) mass is 548 g/mol. The molecule has 0 aromatic carbocycles. The zero-order valence-electron chi connectivity index (χ0n) is 25.4. The molecule has 1 saturated heterocycles. The van der Waals surface area contributed by atoms with Gasteiger partial charge >= 0.3 is 0 Å². The van der Waals surface area contributed by atoms with Gasteiger partial charge in [-0.2, -0.15) is 0 Å². The number of nitrogens with zero attached hydrogens (tertiary/aromatic N) is 2. The van der Waals surface area contributed by atoms with Gasteiger partial charge in [-0.25, -0.2) is 0 Å². The number of likely N-dealkylation sites (tertiary alicyclic amines) is 1. The average Bonchev–Trinajstić information content (AvgIpc) is 3.31. The number of rotatable bonds is 6. The molecule has 0 radical (unpaired) electrons. The van der Waals surface area contributed by atoms with Gasteiger partial charge in [-0.05, 0) is 110 Å². The van der Waals surface area contributed by atoms with E-state index in [-0.39, 0.29) is 12.2 Å². The molecule has 1 aliphatic heterocycles. The van der Waals surface area contributed by atoms with Gasteiger partial charge in [-0.3, -0.25) is 9.78 Å². The molecule has 6 rings (SSSR count). The summed E-state index contributed by atoms with van der Waals surface area (Å²) in [4.78, 5) is 19.5. The van der Waals surface area contributed by atoms with Crippen molar-refractivity contribution in [2.75, 3.05) is 13.1 Å². The summed E-state index contributed by atoms with van der Waals surface area (Å²) in [6, 6.07) is 3.83. The van der Waals surface area contributed by atoms with Crippen LogP contribution in [0.25, 0.3) is 0 Å². The number of carbonyl (C=O) groups excluding carboxylic acids is 1. The highest BCUT2D eigenvalue weighted by atomic mass is 16.5. The molecule has 0 spiro atoms. The Morgan fingerprint density at radius 2 is 1.93 bits per heavy atom. The van der Waals surface area contributed by atoms with Crippen molar-refractivity contribution in [3.05, 3.63) is 36.2 Å². The van der Waals surface area contributed by atoms with Crippen molar-refractivity contribution in [3.63, 3.8) is 0 Å². The van der Waals surface area contributed by atoms with E-state index in [0.29, 0.717) is 35.0 Å². The Kier molecular flexibility index (Phi) is 7.82. The lowest BCUT2D eigenvalue weighted by molar-refractivity contribution is -0.135. The molecule has 1 N–H and O–H groups in total. The first kappa shape index (κ1) is 28.2. The fourth-order valence-corrected chi connectivity index (χ4v) is 10.4. The largest absolute Gasteiger partial charge is 0.490 e. The Hall–Kier alpha value is -1.88. The summed E-state index contributed by atoms with van der Waals surface area (Å²) < 4.78 is 6.21. The molecule has 5 heteroatoms. The first-order valence-electron chi connectivity index (χ1n) is 16.4. The molecule has 3 saturated carbocycles. The maximum absolute atomic E-state index is 13.3. The number of ether oxygens (including phenoxy) is 1. The first-order valence-corrected chi connectivity index (χ1v) is 16.4. The van der Waals surface area contributed by atoms with Crippen LogP contribution in [0.2, 0.25) is 0 Å². The lowest BCUT2D eigenvalue weighted by atomic mass is 9.47. The summed E-state index contributed by atoms with van der Waals surface area (Å²) in [7, 11) is 0. The second-order valence-electron chi connectivity index (χ2n) is 14.8. The smallest absolute Gasteiger partial charge is 0.222 e. The summed E-state index contributed by atoms with van der Waals surface area (Å²) in [5.41, 5.74) is 2.30. The normalized spacial score (nSPS) is 41.8. The quantitative estimate of drug-likeness (QED) is 0.387. The zero-order chi connectivity index (χ0) is 28.1. The van der Waals surface area contributed by atoms with Crippen LogP contribution in [0.4, 0.5) is 0 Å². The molecule has 1 amide bonds. The Morgan fingerprint density at radius 3 is 2.70 bits per heavy atom. The van der Waals surface area contributed by atoms with E-state index in [1.165, 1.54) is 32.1 Å². The van der Waals surface area contributed by atoms with Crippen LogP contribution in [0.15, 0.2) is 36.2 Å². The lowest BCUT2D eigenvalue weighted by Crippen LogP contribution is -2.50. The third-order valence-corrected chi connectivity index (χ3v) is 12.8. The Labute approximate surface area is 242 Å². The topological polar surface area (TPSA) is 62.7 Å². The van der Waals surface area contributed by atoms with Gasteiger partial charge < -0.3 is 14.7 Å². The Bertz CT molecular complexity index is 1090. The van der Waals surface area contributed by atoms with Gasteiger partial charge in [0.1, 0.15) is 11.9 Å². The average molecular weight is 549 g/mol. The van der Waals surface area contributed by atoms with Crippen LogP contribution in [0, 0.1) is 46.3 Å². The van der Waals surface area contributed by atoms with Gasteiger partial charge in [-0.1, -0.05) is 39.3 Å². The summed E-state index contributed by atoms with van der Waals surface area (Å²) >= 11 is 0. The van der Waals surface area contributed by atoms with E-state index < -0.39 is 0 Å². The van der Waals surface area contributed by atoms with E-state index in [1.54, 1.807) is 18.0 Å². The molecule has 220 valence electrons. The zero-order valence-corrected chi connectivity index (χ0v) is 25.4. The van der Waals surface area contributed by atoms with Gasteiger partial charge in [0.05, 0.1) is 6.10 Å². The van der Waals surface area contributed by atoms with E-state index in [1.807, 2.05) is 12.1 Å². The molecule has 0 unspecified atom stereocenters. The minimum Gasteiger partial charge on any atom is -0.490 e. The number of allylic oxidation sites excluding steroid dienone is 1. The van der Waals surface area contributed by atoms with Gasteiger partial charge in [-0.15, -0.1) is 0 Å². The SMILES string of the molecule is C[C@H](CCC(=O)N1CC[C@@H](Oc2ccncc2)[C@@H](C)C1)[C@H]1CC[C@H]2[C@@H]3CC=C4C[C@@H](O)CC[C@]4(C)[C@H]3CC[C@]12C. The molecule has 5 nitrogen and oxygen atoms in total. The van der Waals surface area contributed by atoms with E-state index in [4.69, 9.17) is 4.74 Å². The Balaban J connectivity index is 1.03. The van der Waals surface area contributed by atoms with Crippen LogP contribution in [0.5, 0.6) is 5.75 Å². The summed E-state index contributed by atoms with van der Waals surface area (Å²) in [6.45, 7) is 11.4. The van der Waals surface area contributed by atoms with Crippen LogP contribution in [0.1, 0.15) is 98.3 Å². The van der Waals surface area contributed by atoms with E-state index in [2.05, 4.69) is 43.7 Å². The number of pyridine rings is 1. The van der Waals surface area contributed by atoms with E-state index >= 15 is 0 Å². The van der Waals surface area contributed by atoms with Crippen molar-refractivity contribution in [1.82, 2.24) is 9.88 Å². The standard InChI is InChI=1S/C35H52N2O3/c1-23(5-10-33(39)37-20-15-32(24(2)22-37)40-27-13-18-36-19-14-27)29-8-9-30-28-7-6-25-21-26(38)11-16-34(25,3)31(28)12-17-35(29,30)4/h6,13-14,18-19,23-24,26,28-32,38H,5,7-12,15-17,20-22H2,1-4H3/t23-,24+,26+,28+,29-,30+,31+,32-,34+,35-/m1/s1. The predicted molar refractivity (Wildman–Crippen MR) is 159 cm³/mol. The molecule has 5 aliphatic rings. The highest BCUT2D eigenvalue weighted by Gasteiger charge is 2.59.